The predicted molar refractivity (Wildman–Crippen MR) is 75.2 cm³/mol. The van der Waals surface area contributed by atoms with E-state index in [-0.39, 0.29) is 11.8 Å². The van der Waals surface area contributed by atoms with E-state index in [1.165, 1.54) is 0 Å². The monoisotopic (exact) mass is 292 g/mol. The van der Waals surface area contributed by atoms with Gasteiger partial charge in [-0.1, -0.05) is 0 Å². The maximum Gasteiger partial charge on any atom is 0.231 e. The normalized spacial score (nSPS) is 15.8. The molecular weight excluding hydrogens is 272 g/mol. The van der Waals surface area contributed by atoms with Gasteiger partial charge < -0.3 is 25.9 Å². The molecule has 1 aliphatic heterocycles. The second-order valence-electron chi connectivity index (χ2n) is 5.13. The molecule has 7 nitrogen and oxygen atoms in total. The van der Waals surface area contributed by atoms with E-state index in [4.69, 9.17) is 0 Å². The molecule has 0 unspecified atom stereocenters. The highest BCUT2D eigenvalue weighted by atomic mass is 16.4. The van der Waals surface area contributed by atoms with Gasteiger partial charge in [0.2, 0.25) is 5.91 Å². The largest absolute Gasteiger partial charge is 0.550 e. The smallest absolute Gasteiger partial charge is 0.231 e. The number of anilines is 2. The molecule has 114 valence electrons. The van der Waals surface area contributed by atoms with Crippen LogP contribution in [0, 0.1) is 5.92 Å². The highest BCUT2D eigenvalue weighted by molar-refractivity contribution is 5.89. The molecule has 1 aromatic rings. The van der Waals surface area contributed by atoms with Gasteiger partial charge >= 0.3 is 0 Å². The Kier molecular flexibility index (Phi) is 5.10. The molecule has 0 saturated carbocycles. The van der Waals surface area contributed by atoms with Gasteiger partial charge in [0.05, 0.1) is 24.8 Å². The molecule has 0 aromatic carbocycles. The standard InChI is InChI=1S/C14H20N4O3/c15-6-3-13(19)17-12-2-1-11(9-16-12)18-7-4-10(5-8-18)14(20)21/h1-2,9-10H,3-8,15H2,(H,20,21)(H,16,17,19). The molecule has 7 heteroatoms. The third kappa shape index (κ3) is 4.16. The topological polar surface area (TPSA) is 113 Å². The van der Waals surface area contributed by atoms with Crippen molar-refractivity contribution >= 4 is 23.4 Å². The van der Waals surface area contributed by atoms with Gasteiger partial charge in [-0.2, -0.15) is 0 Å². The van der Waals surface area contributed by atoms with Gasteiger partial charge in [-0.3, -0.25) is 4.79 Å². The molecule has 0 bridgehead atoms. The first-order valence-electron chi connectivity index (χ1n) is 7.11. The highest BCUT2D eigenvalue weighted by Gasteiger charge is 2.20. The number of carboxylic acids is 1. The zero-order valence-corrected chi connectivity index (χ0v) is 11.9. The van der Waals surface area contributed by atoms with Gasteiger partial charge in [-0.25, -0.2) is 4.98 Å². The van der Waals surface area contributed by atoms with Crippen molar-refractivity contribution in [3.8, 4) is 0 Å². The van der Waals surface area contributed by atoms with Gasteiger partial charge in [0.1, 0.15) is 5.82 Å². The van der Waals surface area contributed by atoms with E-state index in [0.29, 0.717) is 44.7 Å². The fourth-order valence-corrected chi connectivity index (χ4v) is 2.39. The highest BCUT2D eigenvalue weighted by Crippen LogP contribution is 2.23. The number of hydrogen-bond donors (Lipinski definition) is 2. The number of hydrogen-bond acceptors (Lipinski definition) is 5. The van der Waals surface area contributed by atoms with E-state index in [2.05, 4.69) is 20.9 Å². The number of rotatable bonds is 5. The number of nitrogens with one attached hydrogen (secondary N) is 1. The zero-order valence-electron chi connectivity index (χ0n) is 11.9. The van der Waals surface area contributed by atoms with Crippen LogP contribution in [0.1, 0.15) is 19.3 Å². The fraction of sp³-hybridized carbons (Fsp3) is 0.500. The number of amides is 1. The van der Waals surface area contributed by atoms with Crippen LogP contribution in [0.25, 0.3) is 0 Å². The van der Waals surface area contributed by atoms with Crippen LogP contribution in [-0.4, -0.2) is 36.5 Å². The molecular formula is C14H20N4O3. The SMILES string of the molecule is [NH3+]CCC(=O)Nc1ccc(N2CCC(C(=O)[O-])CC2)cn1. The quantitative estimate of drug-likeness (QED) is 0.694. The number of nitrogens with zero attached hydrogens (tertiary/aromatic N) is 2. The maximum absolute atomic E-state index is 11.4. The molecule has 1 fully saturated rings. The lowest BCUT2D eigenvalue weighted by atomic mass is 9.97. The van der Waals surface area contributed by atoms with Crippen LogP contribution in [0.2, 0.25) is 0 Å². The van der Waals surface area contributed by atoms with Gasteiger partial charge in [0, 0.05) is 25.0 Å². The summed E-state index contributed by atoms with van der Waals surface area (Å²) >= 11 is 0. The molecule has 0 atom stereocenters. The first kappa shape index (κ1) is 15.2. The number of aromatic nitrogens is 1. The Morgan fingerprint density at radius 2 is 2.10 bits per heavy atom. The molecule has 0 radical (unpaired) electrons. The minimum atomic E-state index is -0.962. The Hall–Kier alpha value is -2.15. The minimum Gasteiger partial charge on any atom is -0.550 e. The number of carbonyl (C=O) groups is 2. The van der Waals surface area contributed by atoms with Crippen molar-refractivity contribution < 1.29 is 20.4 Å². The summed E-state index contributed by atoms with van der Waals surface area (Å²) in [5.41, 5.74) is 4.56. The number of carboxylic acid groups (broad SMARTS) is 1. The Balaban J connectivity index is 1.91. The summed E-state index contributed by atoms with van der Waals surface area (Å²) in [6, 6.07) is 3.63. The number of quaternary nitrogens is 1. The van der Waals surface area contributed by atoms with E-state index in [0.717, 1.165) is 5.69 Å². The summed E-state index contributed by atoms with van der Waals surface area (Å²) in [6.45, 7) is 1.90. The summed E-state index contributed by atoms with van der Waals surface area (Å²) in [6.07, 6.45) is 3.24. The molecule has 21 heavy (non-hydrogen) atoms. The van der Waals surface area contributed by atoms with Crippen molar-refractivity contribution in [3.05, 3.63) is 18.3 Å². The Morgan fingerprint density at radius 3 is 2.62 bits per heavy atom. The van der Waals surface area contributed by atoms with Crippen LogP contribution in [0.5, 0.6) is 0 Å². The molecule has 1 amide bonds. The summed E-state index contributed by atoms with van der Waals surface area (Å²) in [7, 11) is 0. The van der Waals surface area contributed by atoms with Crippen molar-refractivity contribution in [3.63, 3.8) is 0 Å². The van der Waals surface area contributed by atoms with E-state index in [1.54, 1.807) is 12.3 Å². The number of aliphatic carboxylic acids is 1. The number of carbonyl (C=O) groups excluding carboxylic acids is 2. The predicted octanol–water partition coefficient (Wildman–Crippen LogP) is -1.38. The molecule has 1 aromatic heterocycles. The van der Waals surface area contributed by atoms with Crippen LogP contribution in [0.15, 0.2) is 18.3 Å². The summed E-state index contributed by atoms with van der Waals surface area (Å²) in [5.74, 6) is -0.895. The number of piperidine rings is 1. The van der Waals surface area contributed by atoms with E-state index < -0.39 is 5.97 Å². The second kappa shape index (κ2) is 7.03. The van der Waals surface area contributed by atoms with Crippen molar-refractivity contribution in [2.45, 2.75) is 19.3 Å². The molecule has 1 saturated heterocycles. The van der Waals surface area contributed by atoms with E-state index in [9.17, 15) is 14.7 Å². The first-order valence-corrected chi connectivity index (χ1v) is 7.11. The Bertz CT molecular complexity index is 495. The second-order valence-corrected chi connectivity index (χ2v) is 5.13. The first-order chi connectivity index (χ1) is 10.1. The van der Waals surface area contributed by atoms with E-state index in [1.807, 2.05) is 6.07 Å². The van der Waals surface area contributed by atoms with Gasteiger partial charge in [0.15, 0.2) is 0 Å². The van der Waals surface area contributed by atoms with Crippen LogP contribution in [0.3, 0.4) is 0 Å². The zero-order chi connectivity index (χ0) is 15.2. The van der Waals surface area contributed by atoms with Crippen LogP contribution in [0.4, 0.5) is 11.5 Å². The molecule has 4 N–H and O–H groups in total. The third-order valence-corrected chi connectivity index (χ3v) is 3.61. The average Bonchev–Trinajstić information content (AvgIpc) is 2.48. The summed E-state index contributed by atoms with van der Waals surface area (Å²) in [5, 5.41) is 13.5. The van der Waals surface area contributed by atoms with Gasteiger partial charge in [0.25, 0.3) is 0 Å². The van der Waals surface area contributed by atoms with Crippen molar-refractivity contribution in [1.29, 1.82) is 0 Å². The lowest BCUT2D eigenvalue weighted by Gasteiger charge is -2.33. The molecule has 2 rings (SSSR count). The summed E-state index contributed by atoms with van der Waals surface area (Å²) in [4.78, 5) is 28.5. The van der Waals surface area contributed by atoms with Gasteiger partial charge in [-0.05, 0) is 25.0 Å². The van der Waals surface area contributed by atoms with Crippen LogP contribution >= 0.6 is 0 Å². The molecule has 1 aliphatic rings. The van der Waals surface area contributed by atoms with Crippen LogP contribution in [-0.2, 0) is 9.59 Å². The van der Waals surface area contributed by atoms with Crippen molar-refractivity contribution in [2.24, 2.45) is 5.92 Å². The number of pyridine rings is 1. The third-order valence-electron chi connectivity index (χ3n) is 3.61. The lowest BCUT2D eigenvalue weighted by Crippen LogP contribution is -2.51. The Labute approximate surface area is 123 Å². The van der Waals surface area contributed by atoms with Crippen molar-refractivity contribution in [1.82, 2.24) is 4.98 Å². The molecule has 2 heterocycles. The minimum absolute atomic E-state index is 0.0972. The average molecular weight is 292 g/mol. The molecule has 0 spiro atoms. The Morgan fingerprint density at radius 1 is 1.38 bits per heavy atom. The van der Waals surface area contributed by atoms with Gasteiger partial charge in [-0.15, -0.1) is 0 Å². The summed E-state index contributed by atoms with van der Waals surface area (Å²) < 4.78 is 0. The lowest BCUT2D eigenvalue weighted by molar-refractivity contribution is -0.365. The maximum atomic E-state index is 11.4. The van der Waals surface area contributed by atoms with Crippen LogP contribution < -0.4 is 21.1 Å². The molecule has 0 aliphatic carbocycles. The van der Waals surface area contributed by atoms with E-state index >= 15 is 0 Å². The van der Waals surface area contributed by atoms with Crippen molar-refractivity contribution in [2.75, 3.05) is 29.9 Å². The fourth-order valence-electron chi connectivity index (χ4n) is 2.39.